The highest BCUT2D eigenvalue weighted by Crippen LogP contribution is 2.24. The van der Waals surface area contributed by atoms with E-state index in [1.165, 1.54) is 31.4 Å². The Morgan fingerprint density at radius 1 is 1.17 bits per heavy atom. The van der Waals surface area contributed by atoms with Crippen LogP contribution in [0.5, 0.6) is 5.75 Å². The van der Waals surface area contributed by atoms with Gasteiger partial charge >= 0.3 is 17.9 Å². The Balaban J connectivity index is 3.21. The zero-order chi connectivity index (χ0) is 17.6. The molecule has 0 bridgehead atoms. The minimum absolute atomic E-state index is 0.0496. The van der Waals surface area contributed by atoms with Gasteiger partial charge in [-0.25, -0.2) is 9.59 Å². The van der Waals surface area contributed by atoms with Gasteiger partial charge in [0.15, 0.2) is 5.60 Å². The van der Waals surface area contributed by atoms with Gasteiger partial charge in [-0.1, -0.05) is 12.1 Å². The normalized spacial score (nSPS) is 13.5. The summed E-state index contributed by atoms with van der Waals surface area (Å²) >= 11 is 0. The van der Waals surface area contributed by atoms with Crippen molar-refractivity contribution < 1.29 is 39.2 Å². The molecule has 1 rings (SSSR count). The predicted molar refractivity (Wildman–Crippen MR) is 78.6 cm³/mol. The highest BCUT2D eigenvalue weighted by molar-refractivity contribution is 5.91. The number of aromatic carboxylic acids is 1. The maximum absolute atomic E-state index is 11.3. The van der Waals surface area contributed by atoms with E-state index in [2.05, 4.69) is 0 Å². The highest BCUT2D eigenvalue weighted by Gasteiger charge is 2.38. The number of ether oxygens (including phenoxy) is 2. The fourth-order valence-electron chi connectivity index (χ4n) is 1.88. The summed E-state index contributed by atoms with van der Waals surface area (Å²) in [6, 6.07) is 4.13. The second-order valence-corrected chi connectivity index (χ2v) is 4.57. The summed E-state index contributed by atoms with van der Waals surface area (Å²) in [6.45, 7) is 0. The zero-order valence-electron chi connectivity index (χ0n) is 12.5. The van der Waals surface area contributed by atoms with Crippen molar-refractivity contribution in [2.24, 2.45) is 0 Å². The summed E-state index contributed by atoms with van der Waals surface area (Å²) < 4.78 is 9.82. The summed E-state index contributed by atoms with van der Waals surface area (Å²) in [7, 11) is 2.39. The molecule has 0 radical (unpaired) electrons. The number of aliphatic carboxylic acids is 2. The molecule has 124 valence electrons. The van der Waals surface area contributed by atoms with Crippen molar-refractivity contribution >= 4 is 24.0 Å². The Kier molecular flexibility index (Phi) is 5.86. The molecule has 0 amide bonds. The monoisotopic (exact) mass is 324 g/mol. The van der Waals surface area contributed by atoms with Crippen LogP contribution in [0.2, 0.25) is 0 Å². The van der Waals surface area contributed by atoms with Crippen LogP contribution in [0.15, 0.2) is 24.3 Å². The van der Waals surface area contributed by atoms with Crippen molar-refractivity contribution in [2.45, 2.75) is 12.0 Å². The van der Waals surface area contributed by atoms with Gasteiger partial charge in [0.2, 0.25) is 0 Å². The molecule has 1 aromatic rings. The molecule has 0 heterocycles. The van der Waals surface area contributed by atoms with Crippen LogP contribution in [-0.4, -0.2) is 53.0 Å². The second kappa shape index (κ2) is 7.41. The summed E-state index contributed by atoms with van der Waals surface area (Å²) in [5.74, 6) is -3.86. The van der Waals surface area contributed by atoms with Crippen molar-refractivity contribution in [1.29, 1.82) is 0 Å². The van der Waals surface area contributed by atoms with Crippen LogP contribution in [0, 0.1) is 0 Å². The van der Waals surface area contributed by atoms with Crippen LogP contribution in [0.1, 0.15) is 22.3 Å². The van der Waals surface area contributed by atoms with Gasteiger partial charge in [0, 0.05) is 7.11 Å². The molecule has 0 spiro atoms. The average molecular weight is 324 g/mol. The molecule has 0 aliphatic heterocycles. The molecule has 0 saturated carbocycles. The maximum Gasteiger partial charge on any atom is 0.340 e. The Bertz CT molecular complexity index is 649. The largest absolute Gasteiger partial charge is 0.496 e. The first kappa shape index (κ1) is 18.2. The van der Waals surface area contributed by atoms with E-state index < -0.39 is 29.9 Å². The Labute approximate surface area is 131 Å². The number of carbonyl (C=O) groups is 3. The summed E-state index contributed by atoms with van der Waals surface area (Å²) in [5, 5.41) is 27.1. The van der Waals surface area contributed by atoms with E-state index in [1.807, 2.05) is 0 Å². The molecule has 0 aromatic heterocycles. The first-order chi connectivity index (χ1) is 10.8. The van der Waals surface area contributed by atoms with Crippen molar-refractivity contribution in [3.8, 4) is 5.75 Å². The van der Waals surface area contributed by atoms with Crippen molar-refractivity contribution in [1.82, 2.24) is 0 Å². The van der Waals surface area contributed by atoms with Crippen molar-refractivity contribution in [3.63, 3.8) is 0 Å². The lowest BCUT2D eigenvalue weighted by Crippen LogP contribution is -2.40. The third-order valence-electron chi connectivity index (χ3n) is 3.14. The summed E-state index contributed by atoms with van der Waals surface area (Å²) in [6.07, 6.45) is 1.66. The van der Waals surface area contributed by atoms with E-state index in [4.69, 9.17) is 19.7 Å². The van der Waals surface area contributed by atoms with Gasteiger partial charge in [-0.2, -0.15) is 0 Å². The summed E-state index contributed by atoms with van der Waals surface area (Å²) in [4.78, 5) is 33.2. The minimum atomic E-state index is -2.02. The SMILES string of the molecule is COc1cc(C=C[C@@](CC(=O)O)(OC)C(=O)O)ccc1C(=O)O. The lowest BCUT2D eigenvalue weighted by molar-refractivity contribution is -0.163. The lowest BCUT2D eigenvalue weighted by atomic mass is 9.97. The molecule has 0 aliphatic carbocycles. The lowest BCUT2D eigenvalue weighted by Gasteiger charge is -2.22. The third-order valence-corrected chi connectivity index (χ3v) is 3.14. The zero-order valence-corrected chi connectivity index (χ0v) is 12.5. The summed E-state index contributed by atoms with van der Waals surface area (Å²) in [5.41, 5.74) is -1.64. The Morgan fingerprint density at radius 3 is 2.26 bits per heavy atom. The Morgan fingerprint density at radius 2 is 1.83 bits per heavy atom. The molecule has 0 aliphatic rings. The van der Waals surface area contributed by atoms with Crippen LogP contribution in [0.25, 0.3) is 6.08 Å². The Hall–Kier alpha value is -2.87. The minimum Gasteiger partial charge on any atom is -0.496 e. The first-order valence-corrected chi connectivity index (χ1v) is 6.36. The van der Waals surface area contributed by atoms with Crippen LogP contribution in [0.3, 0.4) is 0 Å². The number of rotatable bonds is 8. The standard InChI is InChI=1S/C15H16O8/c1-22-11-7-9(3-4-10(11)13(18)19)5-6-15(23-2,14(20)21)8-12(16)17/h3-7H,8H2,1-2H3,(H,16,17)(H,18,19)(H,20,21)/t15-/m0/s1. The smallest absolute Gasteiger partial charge is 0.340 e. The van der Waals surface area contributed by atoms with E-state index in [-0.39, 0.29) is 11.3 Å². The molecule has 0 unspecified atom stereocenters. The highest BCUT2D eigenvalue weighted by atomic mass is 16.5. The molecule has 1 aromatic carbocycles. The molecule has 1 atom stereocenters. The van der Waals surface area contributed by atoms with Crippen LogP contribution >= 0.6 is 0 Å². The third kappa shape index (κ3) is 4.30. The van der Waals surface area contributed by atoms with Gasteiger partial charge in [-0.05, 0) is 23.8 Å². The number of benzene rings is 1. The molecule has 8 heteroatoms. The van der Waals surface area contributed by atoms with Crippen molar-refractivity contribution in [3.05, 3.63) is 35.4 Å². The number of carboxylic acid groups (broad SMARTS) is 3. The van der Waals surface area contributed by atoms with E-state index >= 15 is 0 Å². The molecule has 0 saturated heterocycles. The predicted octanol–water partition coefficient (Wildman–Crippen LogP) is 1.35. The number of carboxylic acids is 3. The van der Waals surface area contributed by atoms with Crippen LogP contribution < -0.4 is 4.74 Å². The first-order valence-electron chi connectivity index (χ1n) is 6.36. The van der Waals surface area contributed by atoms with E-state index in [0.717, 1.165) is 13.2 Å². The van der Waals surface area contributed by atoms with Gasteiger partial charge in [0.05, 0.1) is 13.5 Å². The second-order valence-electron chi connectivity index (χ2n) is 4.57. The molecular formula is C15H16O8. The molecule has 8 nitrogen and oxygen atoms in total. The van der Waals surface area contributed by atoms with E-state index in [9.17, 15) is 19.5 Å². The fourth-order valence-corrected chi connectivity index (χ4v) is 1.88. The maximum atomic E-state index is 11.3. The van der Waals surface area contributed by atoms with Crippen molar-refractivity contribution in [2.75, 3.05) is 14.2 Å². The fraction of sp³-hybridized carbons (Fsp3) is 0.267. The molecule has 3 N–H and O–H groups in total. The number of methoxy groups -OCH3 is 2. The number of hydrogen-bond acceptors (Lipinski definition) is 5. The van der Waals surface area contributed by atoms with Gasteiger partial charge in [-0.3, -0.25) is 4.79 Å². The van der Waals surface area contributed by atoms with Gasteiger partial charge in [-0.15, -0.1) is 0 Å². The van der Waals surface area contributed by atoms with E-state index in [0.29, 0.717) is 5.56 Å². The van der Waals surface area contributed by atoms with Gasteiger partial charge < -0.3 is 24.8 Å². The van der Waals surface area contributed by atoms with Gasteiger partial charge in [0.25, 0.3) is 0 Å². The topological polar surface area (TPSA) is 130 Å². The molecule has 0 fully saturated rings. The molecular weight excluding hydrogens is 308 g/mol. The average Bonchev–Trinajstić information content (AvgIpc) is 2.50. The quantitative estimate of drug-likeness (QED) is 0.653. The van der Waals surface area contributed by atoms with Crippen LogP contribution in [0.4, 0.5) is 0 Å². The molecule has 23 heavy (non-hydrogen) atoms. The van der Waals surface area contributed by atoms with Crippen LogP contribution in [-0.2, 0) is 14.3 Å². The van der Waals surface area contributed by atoms with Gasteiger partial charge in [0.1, 0.15) is 11.3 Å². The van der Waals surface area contributed by atoms with E-state index in [1.54, 1.807) is 0 Å². The number of hydrogen-bond donors (Lipinski definition) is 3.